The average molecular weight is 341 g/mol. The monoisotopic (exact) mass is 341 g/mol. The quantitative estimate of drug-likeness (QED) is 0.552. The summed E-state index contributed by atoms with van der Waals surface area (Å²) in [5.74, 6) is -0.817. The minimum absolute atomic E-state index is 0.0226. The minimum atomic E-state index is -0.817. The molecule has 0 aliphatic carbocycles. The molecule has 0 spiro atoms. The van der Waals surface area contributed by atoms with E-state index >= 15 is 0 Å². The fourth-order valence-corrected chi connectivity index (χ4v) is 3.47. The zero-order chi connectivity index (χ0) is 18.1. The molecule has 0 atom stereocenters. The van der Waals surface area contributed by atoms with Crippen molar-refractivity contribution in [1.29, 1.82) is 0 Å². The van der Waals surface area contributed by atoms with Gasteiger partial charge in [0.05, 0.1) is 11.9 Å². The molecule has 0 saturated heterocycles. The van der Waals surface area contributed by atoms with Crippen LogP contribution >= 0.6 is 0 Å². The molecule has 3 aromatic carbocycles. The SMILES string of the molecule is Cc1ccccc1-c1ccc(-n2cc(CC(=O)O)c3ccccc32)cc1. The van der Waals surface area contributed by atoms with E-state index in [1.807, 2.05) is 42.6 Å². The Hall–Kier alpha value is -3.33. The summed E-state index contributed by atoms with van der Waals surface area (Å²) in [6.45, 7) is 2.11. The Balaban J connectivity index is 1.79. The second kappa shape index (κ2) is 6.52. The molecule has 0 saturated carbocycles. The van der Waals surface area contributed by atoms with Crippen LogP contribution in [0.5, 0.6) is 0 Å². The van der Waals surface area contributed by atoms with Crippen molar-refractivity contribution in [2.75, 3.05) is 0 Å². The summed E-state index contributed by atoms with van der Waals surface area (Å²) >= 11 is 0. The van der Waals surface area contributed by atoms with Gasteiger partial charge >= 0.3 is 5.97 Å². The highest BCUT2D eigenvalue weighted by Gasteiger charge is 2.12. The van der Waals surface area contributed by atoms with E-state index in [2.05, 4.69) is 47.9 Å². The van der Waals surface area contributed by atoms with Gasteiger partial charge in [-0.1, -0.05) is 54.6 Å². The third-order valence-electron chi connectivity index (χ3n) is 4.74. The van der Waals surface area contributed by atoms with Gasteiger partial charge in [-0.25, -0.2) is 0 Å². The number of fused-ring (bicyclic) bond motifs is 1. The first-order valence-corrected chi connectivity index (χ1v) is 8.60. The van der Waals surface area contributed by atoms with Crippen LogP contribution in [0, 0.1) is 6.92 Å². The number of nitrogens with zero attached hydrogens (tertiary/aromatic N) is 1. The molecule has 26 heavy (non-hydrogen) atoms. The van der Waals surface area contributed by atoms with Gasteiger partial charge in [-0.2, -0.15) is 0 Å². The average Bonchev–Trinajstić information content (AvgIpc) is 3.00. The summed E-state index contributed by atoms with van der Waals surface area (Å²) in [6, 6.07) is 24.6. The predicted octanol–water partition coefficient (Wildman–Crippen LogP) is 5.23. The highest BCUT2D eigenvalue weighted by Crippen LogP contribution is 2.28. The van der Waals surface area contributed by atoms with Crippen LogP contribution in [0.15, 0.2) is 79.0 Å². The maximum atomic E-state index is 11.2. The zero-order valence-corrected chi connectivity index (χ0v) is 14.5. The van der Waals surface area contributed by atoms with Gasteiger partial charge < -0.3 is 9.67 Å². The first-order chi connectivity index (χ1) is 12.6. The Labute approximate surface area is 152 Å². The molecule has 0 fully saturated rings. The standard InChI is InChI=1S/C23H19NO2/c1-16-6-2-3-7-20(16)17-10-12-19(13-11-17)24-15-18(14-23(25)26)21-8-4-5-9-22(21)24/h2-13,15H,14H2,1H3,(H,25,26). The molecule has 0 radical (unpaired) electrons. The number of aliphatic carboxylic acids is 1. The van der Waals surface area contributed by atoms with Crippen molar-refractivity contribution >= 4 is 16.9 Å². The molecule has 0 bridgehead atoms. The van der Waals surface area contributed by atoms with Crippen LogP contribution in [0.3, 0.4) is 0 Å². The third kappa shape index (κ3) is 2.88. The molecule has 4 rings (SSSR count). The Morgan fingerprint density at radius 3 is 2.35 bits per heavy atom. The molecule has 3 nitrogen and oxygen atoms in total. The molecule has 128 valence electrons. The molecule has 3 heteroatoms. The Bertz CT molecular complexity index is 1090. The highest BCUT2D eigenvalue weighted by molar-refractivity contribution is 5.89. The van der Waals surface area contributed by atoms with Gasteiger partial charge in [-0.3, -0.25) is 4.79 Å². The molecule has 4 aromatic rings. The third-order valence-corrected chi connectivity index (χ3v) is 4.74. The van der Waals surface area contributed by atoms with Gasteiger partial charge in [0.1, 0.15) is 0 Å². The summed E-state index contributed by atoms with van der Waals surface area (Å²) < 4.78 is 2.06. The van der Waals surface area contributed by atoms with Crippen LogP contribution < -0.4 is 0 Å². The van der Waals surface area contributed by atoms with E-state index in [0.29, 0.717) is 0 Å². The molecule has 0 aliphatic heterocycles. The van der Waals surface area contributed by atoms with Crippen molar-refractivity contribution in [1.82, 2.24) is 4.57 Å². The predicted molar refractivity (Wildman–Crippen MR) is 105 cm³/mol. The molecule has 1 aromatic heterocycles. The van der Waals surface area contributed by atoms with Crippen molar-refractivity contribution < 1.29 is 9.90 Å². The number of aryl methyl sites for hydroxylation is 1. The molecule has 1 N–H and O–H groups in total. The van der Waals surface area contributed by atoms with E-state index in [-0.39, 0.29) is 6.42 Å². The number of carboxylic acid groups (broad SMARTS) is 1. The maximum absolute atomic E-state index is 11.2. The van der Waals surface area contributed by atoms with Crippen molar-refractivity contribution in [3.05, 3.63) is 90.1 Å². The van der Waals surface area contributed by atoms with Crippen LogP contribution in [0.25, 0.3) is 27.7 Å². The summed E-state index contributed by atoms with van der Waals surface area (Å²) in [5, 5.41) is 10.2. The number of para-hydroxylation sites is 1. The molecule has 0 unspecified atom stereocenters. The zero-order valence-electron chi connectivity index (χ0n) is 14.5. The summed E-state index contributed by atoms with van der Waals surface area (Å²) in [7, 11) is 0. The Morgan fingerprint density at radius 2 is 1.62 bits per heavy atom. The lowest BCUT2D eigenvalue weighted by molar-refractivity contribution is -0.136. The first kappa shape index (κ1) is 16.2. The van der Waals surface area contributed by atoms with E-state index in [4.69, 9.17) is 0 Å². The second-order valence-corrected chi connectivity index (χ2v) is 6.47. The van der Waals surface area contributed by atoms with Gasteiger partial charge in [-0.05, 0) is 47.4 Å². The van der Waals surface area contributed by atoms with E-state index < -0.39 is 5.97 Å². The molecular formula is C23H19NO2. The lowest BCUT2D eigenvalue weighted by atomic mass is 10.0. The number of hydrogen-bond acceptors (Lipinski definition) is 1. The minimum Gasteiger partial charge on any atom is -0.481 e. The van der Waals surface area contributed by atoms with E-state index in [1.165, 1.54) is 16.7 Å². The van der Waals surface area contributed by atoms with Crippen LogP contribution in [0.1, 0.15) is 11.1 Å². The number of aromatic nitrogens is 1. The second-order valence-electron chi connectivity index (χ2n) is 6.47. The van der Waals surface area contributed by atoms with Crippen LogP contribution in [-0.2, 0) is 11.2 Å². The number of carbonyl (C=O) groups is 1. The lowest BCUT2D eigenvalue weighted by Crippen LogP contribution is -1.99. The molecular weight excluding hydrogens is 322 g/mol. The maximum Gasteiger partial charge on any atom is 0.307 e. The first-order valence-electron chi connectivity index (χ1n) is 8.60. The van der Waals surface area contributed by atoms with Gasteiger partial charge in [-0.15, -0.1) is 0 Å². The molecule has 1 heterocycles. The van der Waals surface area contributed by atoms with E-state index in [0.717, 1.165) is 22.2 Å². The highest BCUT2D eigenvalue weighted by atomic mass is 16.4. The summed E-state index contributed by atoms with van der Waals surface area (Å²) in [5.41, 5.74) is 6.52. The fraction of sp³-hybridized carbons (Fsp3) is 0.0870. The lowest BCUT2D eigenvalue weighted by Gasteiger charge is -2.09. The van der Waals surface area contributed by atoms with Gasteiger partial charge in [0, 0.05) is 17.3 Å². The van der Waals surface area contributed by atoms with Crippen molar-refractivity contribution in [3.63, 3.8) is 0 Å². The molecule has 0 amide bonds. The number of rotatable bonds is 4. The summed E-state index contributed by atoms with van der Waals surface area (Å²) in [6.07, 6.45) is 1.95. The van der Waals surface area contributed by atoms with Gasteiger partial charge in [0.25, 0.3) is 0 Å². The fourth-order valence-electron chi connectivity index (χ4n) is 3.47. The van der Waals surface area contributed by atoms with E-state index in [9.17, 15) is 9.90 Å². The van der Waals surface area contributed by atoms with Crippen molar-refractivity contribution in [2.45, 2.75) is 13.3 Å². The van der Waals surface area contributed by atoms with Crippen LogP contribution in [0.2, 0.25) is 0 Å². The van der Waals surface area contributed by atoms with Gasteiger partial charge in [0.2, 0.25) is 0 Å². The number of hydrogen-bond donors (Lipinski definition) is 1. The molecule has 0 aliphatic rings. The largest absolute Gasteiger partial charge is 0.481 e. The van der Waals surface area contributed by atoms with Crippen LogP contribution in [-0.4, -0.2) is 15.6 Å². The smallest absolute Gasteiger partial charge is 0.307 e. The van der Waals surface area contributed by atoms with Crippen molar-refractivity contribution in [3.8, 4) is 16.8 Å². The summed E-state index contributed by atoms with van der Waals surface area (Å²) in [4.78, 5) is 11.2. The van der Waals surface area contributed by atoms with Gasteiger partial charge in [0.15, 0.2) is 0 Å². The number of carboxylic acids is 1. The van der Waals surface area contributed by atoms with E-state index in [1.54, 1.807) is 0 Å². The van der Waals surface area contributed by atoms with Crippen LogP contribution in [0.4, 0.5) is 0 Å². The normalized spacial score (nSPS) is 11.0. The van der Waals surface area contributed by atoms with Crippen molar-refractivity contribution in [2.24, 2.45) is 0 Å². The topological polar surface area (TPSA) is 42.2 Å². The Kier molecular flexibility index (Phi) is 4.05. The Morgan fingerprint density at radius 1 is 0.923 bits per heavy atom. The number of benzene rings is 3.